The molecule has 0 unspecified atom stereocenters. The average Bonchev–Trinajstić information content (AvgIpc) is 3.17. The minimum absolute atomic E-state index is 0.0145. The molecule has 0 atom stereocenters. The Morgan fingerprint density at radius 3 is 2.59 bits per heavy atom. The van der Waals surface area contributed by atoms with Crippen LogP contribution in [0.4, 0.5) is 4.39 Å². The standard InChI is InChI=1S/C23H21ClFN5O2/c1-14-7-15(2)9-16(8-14)30-22-17(10-27-30)23(32)29(13-26-22)12-21(31)28(3)11-18-19(24)5-4-6-20(18)25/h4-10,13H,11-12H2,1-3H3. The Labute approximate surface area is 188 Å². The van der Waals surface area contributed by atoms with Gasteiger partial charge in [-0.05, 0) is 49.2 Å². The van der Waals surface area contributed by atoms with Gasteiger partial charge < -0.3 is 4.90 Å². The Morgan fingerprint density at radius 2 is 1.91 bits per heavy atom. The van der Waals surface area contributed by atoms with Crippen LogP contribution >= 0.6 is 11.6 Å². The second-order valence-electron chi connectivity index (χ2n) is 7.77. The van der Waals surface area contributed by atoms with Crippen molar-refractivity contribution in [3.8, 4) is 5.69 Å². The van der Waals surface area contributed by atoms with E-state index in [4.69, 9.17) is 11.6 Å². The summed E-state index contributed by atoms with van der Waals surface area (Å²) in [7, 11) is 1.53. The Bertz CT molecular complexity index is 1350. The van der Waals surface area contributed by atoms with E-state index < -0.39 is 5.82 Å². The highest BCUT2D eigenvalue weighted by Crippen LogP contribution is 2.21. The van der Waals surface area contributed by atoms with E-state index in [1.165, 1.54) is 41.2 Å². The number of nitrogens with zero attached hydrogens (tertiary/aromatic N) is 5. The molecule has 32 heavy (non-hydrogen) atoms. The fraction of sp³-hybridized carbons (Fsp3) is 0.217. The Hall–Kier alpha value is -3.52. The molecule has 2 aromatic heterocycles. The predicted molar refractivity (Wildman–Crippen MR) is 120 cm³/mol. The Balaban J connectivity index is 1.60. The SMILES string of the molecule is Cc1cc(C)cc(-n2ncc3c(=O)n(CC(=O)N(C)Cc4c(F)cccc4Cl)cnc32)c1. The molecule has 0 aliphatic carbocycles. The highest BCUT2D eigenvalue weighted by Gasteiger charge is 2.17. The number of carbonyl (C=O) groups is 1. The number of hydrogen-bond acceptors (Lipinski definition) is 4. The molecular formula is C23H21ClFN5O2. The highest BCUT2D eigenvalue weighted by molar-refractivity contribution is 6.31. The molecule has 0 aliphatic rings. The molecule has 164 valence electrons. The summed E-state index contributed by atoms with van der Waals surface area (Å²) in [6.07, 6.45) is 2.78. The molecule has 0 spiro atoms. The largest absolute Gasteiger partial charge is 0.340 e. The van der Waals surface area contributed by atoms with Gasteiger partial charge >= 0.3 is 0 Å². The molecule has 0 saturated carbocycles. The lowest BCUT2D eigenvalue weighted by molar-refractivity contribution is -0.131. The number of aryl methyl sites for hydroxylation is 2. The maximum absolute atomic E-state index is 14.0. The summed E-state index contributed by atoms with van der Waals surface area (Å²) in [5.74, 6) is -0.870. The number of hydrogen-bond donors (Lipinski definition) is 0. The molecule has 0 fully saturated rings. The first-order valence-electron chi connectivity index (χ1n) is 9.93. The predicted octanol–water partition coefficient (Wildman–Crippen LogP) is 3.65. The molecule has 2 heterocycles. The van der Waals surface area contributed by atoms with Crippen molar-refractivity contribution < 1.29 is 9.18 Å². The van der Waals surface area contributed by atoms with Crippen LogP contribution in [0.2, 0.25) is 5.02 Å². The molecule has 0 aliphatic heterocycles. The minimum Gasteiger partial charge on any atom is -0.340 e. The lowest BCUT2D eigenvalue weighted by atomic mass is 10.1. The summed E-state index contributed by atoms with van der Waals surface area (Å²) >= 11 is 6.05. The number of benzene rings is 2. The summed E-state index contributed by atoms with van der Waals surface area (Å²) in [4.78, 5) is 31.3. The van der Waals surface area contributed by atoms with Gasteiger partial charge in [0, 0.05) is 24.2 Å². The summed E-state index contributed by atoms with van der Waals surface area (Å²) in [6, 6.07) is 10.3. The highest BCUT2D eigenvalue weighted by atomic mass is 35.5. The van der Waals surface area contributed by atoms with E-state index in [1.807, 2.05) is 32.0 Å². The zero-order valence-electron chi connectivity index (χ0n) is 17.8. The van der Waals surface area contributed by atoms with E-state index in [-0.39, 0.29) is 35.1 Å². The fourth-order valence-corrected chi connectivity index (χ4v) is 3.82. The van der Waals surface area contributed by atoms with Gasteiger partial charge in [0.05, 0.1) is 11.9 Å². The first-order chi connectivity index (χ1) is 15.2. The molecule has 9 heteroatoms. The van der Waals surface area contributed by atoms with E-state index >= 15 is 0 Å². The quantitative estimate of drug-likeness (QED) is 0.462. The molecule has 2 aromatic carbocycles. The van der Waals surface area contributed by atoms with Crippen LogP contribution in [-0.2, 0) is 17.9 Å². The molecule has 0 bridgehead atoms. The molecule has 0 N–H and O–H groups in total. The number of amides is 1. The lowest BCUT2D eigenvalue weighted by Crippen LogP contribution is -2.34. The second kappa shape index (κ2) is 8.55. The zero-order valence-corrected chi connectivity index (χ0v) is 18.6. The van der Waals surface area contributed by atoms with Crippen molar-refractivity contribution in [2.75, 3.05) is 7.05 Å². The van der Waals surface area contributed by atoms with Crippen LogP contribution in [0, 0.1) is 19.7 Å². The molecule has 0 saturated heterocycles. The van der Waals surface area contributed by atoms with E-state index in [0.717, 1.165) is 16.8 Å². The lowest BCUT2D eigenvalue weighted by Gasteiger charge is -2.19. The van der Waals surface area contributed by atoms with E-state index in [2.05, 4.69) is 10.1 Å². The summed E-state index contributed by atoms with van der Waals surface area (Å²) in [6.45, 7) is 3.72. The third-order valence-corrected chi connectivity index (χ3v) is 5.55. The van der Waals surface area contributed by atoms with Crippen LogP contribution in [0.1, 0.15) is 16.7 Å². The van der Waals surface area contributed by atoms with Crippen LogP contribution in [0.3, 0.4) is 0 Å². The van der Waals surface area contributed by atoms with Crippen LogP contribution in [0.25, 0.3) is 16.7 Å². The van der Waals surface area contributed by atoms with Crippen molar-refractivity contribution in [1.29, 1.82) is 0 Å². The summed E-state index contributed by atoms with van der Waals surface area (Å²) < 4.78 is 16.9. The monoisotopic (exact) mass is 453 g/mol. The van der Waals surface area contributed by atoms with Gasteiger partial charge in [0.2, 0.25) is 5.91 Å². The smallest absolute Gasteiger partial charge is 0.264 e. The van der Waals surface area contributed by atoms with Gasteiger partial charge in [-0.15, -0.1) is 0 Å². The summed E-state index contributed by atoms with van der Waals surface area (Å²) in [5.41, 5.74) is 3.20. The Morgan fingerprint density at radius 1 is 1.19 bits per heavy atom. The first-order valence-corrected chi connectivity index (χ1v) is 10.3. The van der Waals surface area contributed by atoms with Crippen LogP contribution in [0.15, 0.2) is 53.7 Å². The van der Waals surface area contributed by atoms with Crippen molar-refractivity contribution in [2.24, 2.45) is 0 Å². The number of rotatable bonds is 5. The van der Waals surface area contributed by atoms with Gasteiger partial charge in [0.15, 0.2) is 5.65 Å². The van der Waals surface area contributed by atoms with Crippen molar-refractivity contribution in [3.05, 3.63) is 86.8 Å². The number of carbonyl (C=O) groups excluding carboxylic acids is 1. The second-order valence-corrected chi connectivity index (χ2v) is 8.17. The number of likely N-dealkylation sites (N-methyl/N-ethyl adjacent to an activating group) is 1. The first kappa shape index (κ1) is 21.7. The van der Waals surface area contributed by atoms with Gasteiger partial charge in [-0.2, -0.15) is 5.10 Å². The van der Waals surface area contributed by atoms with Gasteiger partial charge in [-0.25, -0.2) is 14.1 Å². The fourth-order valence-electron chi connectivity index (χ4n) is 3.60. The topological polar surface area (TPSA) is 73.0 Å². The maximum atomic E-state index is 14.0. The van der Waals surface area contributed by atoms with Crippen LogP contribution in [-0.4, -0.2) is 37.2 Å². The molecular weight excluding hydrogens is 433 g/mol. The van der Waals surface area contributed by atoms with Gasteiger partial charge in [-0.3, -0.25) is 14.2 Å². The molecule has 4 aromatic rings. The van der Waals surface area contributed by atoms with Gasteiger partial charge in [-0.1, -0.05) is 23.7 Å². The van der Waals surface area contributed by atoms with Gasteiger partial charge in [0.25, 0.3) is 5.56 Å². The van der Waals surface area contributed by atoms with Gasteiger partial charge in [0.1, 0.15) is 24.1 Å². The van der Waals surface area contributed by atoms with Crippen molar-refractivity contribution in [2.45, 2.75) is 26.9 Å². The molecule has 4 rings (SSSR count). The average molecular weight is 454 g/mol. The van der Waals surface area contributed by atoms with Crippen molar-refractivity contribution in [1.82, 2.24) is 24.2 Å². The maximum Gasteiger partial charge on any atom is 0.264 e. The Kier molecular flexibility index (Phi) is 5.80. The number of fused-ring (bicyclic) bond motifs is 1. The molecule has 7 nitrogen and oxygen atoms in total. The van der Waals surface area contributed by atoms with Crippen molar-refractivity contribution >= 4 is 28.5 Å². The third-order valence-electron chi connectivity index (χ3n) is 5.19. The normalized spacial score (nSPS) is 11.2. The molecule has 0 radical (unpaired) electrons. The minimum atomic E-state index is -0.490. The van der Waals surface area contributed by atoms with Crippen molar-refractivity contribution in [3.63, 3.8) is 0 Å². The van der Waals surface area contributed by atoms with Crippen LogP contribution < -0.4 is 5.56 Å². The molecule has 1 amide bonds. The third kappa shape index (κ3) is 4.13. The number of halogens is 2. The zero-order chi connectivity index (χ0) is 23.0. The van der Waals surface area contributed by atoms with E-state index in [1.54, 1.807) is 10.7 Å². The van der Waals surface area contributed by atoms with E-state index in [9.17, 15) is 14.0 Å². The summed E-state index contributed by atoms with van der Waals surface area (Å²) in [5, 5.41) is 4.87. The number of aromatic nitrogens is 4. The van der Waals surface area contributed by atoms with E-state index in [0.29, 0.717) is 11.0 Å². The van der Waals surface area contributed by atoms with Crippen LogP contribution in [0.5, 0.6) is 0 Å².